The smallest absolute Gasteiger partial charge is 0.333 e. The second kappa shape index (κ2) is 6.65. The van der Waals surface area contributed by atoms with Crippen molar-refractivity contribution in [1.29, 1.82) is 0 Å². The van der Waals surface area contributed by atoms with Gasteiger partial charge in [0, 0.05) is 5.57 Å². The Hall–Kier alpha value is -0.790. The molecule has 0 saturated heterocycles. The SMILES string of the molecule is C=C(C)C(=O)OCC(C)C(C)C(C)CC. The van der Waals surface area contributed by atoms with E-state index in [9.17, 15) is 4.79 Å². The minimum atomic E-state index is -0.279. The molecule has 0 aromatic carbocycles. The van der Waals surface area contributed by atoms with Crippen molar-refractivity contribution in [2.45, 2.75) is 41.0 Å². The summed E-state index contributed by atoms with van der Waals surface area (Å²) in [7, 11) is 0. The number of hydrogen-bond acceptors (Lipinski definition) is 2. The Morgan fingerprint density at radius 1 is 1.27 bits per heavy atom. The van der Waals surface area contributed by atoms with Crippen molar-refractivity contribution in [2.24, 2.45) is 17.8 Å². The van der Waals surface area contributed by atoms with E-state index in [0.717, 1.165) is 0 Å². The van der Waals surface area contributed by atoms with E-state index in [1.54, 1.807) is 6.92 Å². The van der Waals surface area contributed by atoms with Gasteiger partial charge in [-0.25, -0.2) is 4.79 Å². The van der Waals surface area contributed by atoms with Gasteiger partial charge in [-0.1, -0.05) is 40.7 Å². The molecule has 2 nitrogen and oxygen atoms in total. The Labute approximate surface area is 93.7 Å². The fourth-order valence-corrected chi connectivity index (χ4v) is 1.41. The Bertz CT molecular complexity index is 221. The summed E-state index contributed by atoms with van der Waals surface area (Å²) in [5.74, 6) is 1.37. The molecule has 0 N–H and O–H groups in total. The second-order valence-corrected chi connectivity index (χ2v) is 4.60. The van der Waals surface area contributed by atoms with Crippen LogP contribution in [0.2, 0.25) is 0 Å². The third-order valence-electron chi connectivity index (χ3n) is 3.26. The van der Waals surface area contributed by atoms with Crippen molar-refractivity contribution >= 4 is 5.97 Å². The zero-order valence-corrected chi connectivity index (χ0v) is 10.7. The molecule has 0 rings (SSSR count). The summed E-state index contributed by atoms with van der Waals surface area (Å²) >= 11 is 0. The molecule has 0 amide bonds. The van der Waals surface area contributed by atoms with Gasteiger partial charge in [0.1, 0.15) is 0 Å². The summed E-state index contributed by atoms with van der Waals surface area (Å²) in [4.78, 5) is 11.2. The zero-order valence-electron chi connectivity index (χ0n) is 10.7. The van der Waals surface area contributed by atoms with Crippen LogP contribution in [0, 0.1) is 17.8 Å². The molecule has 0 radical (unpaired) electrons. The van der Waals surface area contributed by atoms with Crippen molar-refractivity contribution in [2.75, 3.05) is 6.61 Å². The van der Waals surface area contributed by atoms with E-state index in [1.807, 2.05) is 0 Å². The van der Waals surface area contributed by atoms with Crippen LogP contribution >= 0.6 is 0 Å². The van der Waals surface area contributed by atoms with Crippen LogP contribution in [0.15, 0.2) is 12.2 Å². The van der Waals surface area contributed by atoms with E-state index in [2.05, 4.69) is 34.3 Å². The molecule has 0 aromatic rings. The largest absolute Gasteiger partial charge is 0.462 e. The van der Waals surface area contributed by atoms with Crippen molar-refractivity contribution in [1.82, 2.24) is 0 Å². The maximum Gasteiger partial charge on any atom is 0.333 e. The summed E-state index contributed by atoms with van der Waals surface area (Å²) in [6, 6.07) is 0. The summed E-state index contributed by atoms with van der Waals surface area (Å²) in [6.45, 7) is 14.5. The number of esters is 1. The van der Waals surface area contributed by atoms with Gasteiger partial charge in [-0.2, -0.15) is 0 Å². The van der Waals surface area contributed by atoms with E-state index in [1.165, 1.54) is 6.42 Å². The predicted molar refractivity (Wildman–Crippen MR) is 63.6 cm³/mol. The minimum absolute atomic E-state index is 0.279. The first-order valence-electron chi connectivity index (χ1n) is 5.72. The molecule has 0 spiro atoms. The first kappa shape index (κ1) is 14.2. The van der Waals surface area contributed by atoms with Crippen molar-refractivity contribution in [3.05, 3.63) is 12.2 Å². The Morgan fingerprint density at radius 3 is 2.20 bits per heavy atom. The standard InChI is InChI=1S/C13H24O2/c1-7-10(4)12(6)11(5)8-15-13(14)9(2)3/h10-12H,2,7-8H2,1,3-6H3. The highest BCUT2D eigenvalue weighted by Gasteiger charge is 2.19. The molecule has 0 bridgehead atoms. The molecular weight excluding hydrogens is 188 g/mol. The molecule has 0 aromatic heterocycles. The number of carbonyl (C=O) groups is 1. The lowest BCUT2D eigenvalue weighted by atomic mass is 9.84. The molecule has 0 aliphatic heterocycles. The van der Waals surface area contributed by atoms with Gasteiger partial charge in [-0.3, -0.25) is 0 Å². The van der Waals surface area contributed by atoms with Crippen LogP contribution in [0.5, 0.6) is 0 Å². The van der Waals surface area contributed by atoms with Gasteiger partial charge in [0.05, 0.1) is 6.61 Å². The van der Waals surface area contributed by atoms with Crippen molar-refractivity contribution in [3.8, 4) is 0 Å². The predicted octanol–water partition coefficient (Wildman–Crippen LogP) is 3.42. The highest BCUT2D eigenvalue weighted by molar-refractivity contribution is 5.86. The summed E-state index contributed by atoms with van der Waals surface area (Å²) in [5, 5.41) is 0. The molecule has 0 saturated carbocycles. The van der Waals surface area contributed by atoms with Gasteiger partial charge in [0.25, 0.3) is 0 Å². The van der Waals surface area contributed by atoms with Crippen LogP contribution < -0.4 is 0 Å². The Morgan fingerprint density at radius 2 is 1.80 bits per heavy atom. The summed E-state index contributed by atoms with van der Waals surface area (Å²) < 4.78 is 5.14. The van der Waals surface area contributed by atoms with Crippen LogP contribution in [0.3, 0.4) is 0 Å². The van der Waals surface area contributed by atoms with E-state index < -0.39 is 0 Å². The van der Waals surface area contributed by atoms with Crippen LogP contribution in [0.25, 0.3) is 0 Å². The third kappa shape index (κ3) is 5.01. The molecule has 0 fully saturated rings. The molecular formula is C13H24O2. The van der Waals surface area contributed by atoms with E-state index >= 15 is 0 Å². The van der Waals surface area contributed by atoms with E-state index in [-0.39, 0.29) is 5.97 Å². The zero-order chi connectivity index (χ0) is 12.0. The fraction of sp³-hybridized carbons (Fsp3) is 0.769. The number of ether oxygens (including phenoxy) is 1. The fourth-order valence-electron chi connectivity index (χ4n) is 1.41. The summed E-state index contributed by atoms with van der Waals surface area (Å²) in [6.07, 6.45) is 1.17. The average molecular weight is 212 g/mol. The van der Waals surface area contributed by atoms with E-state index in [0.29, 0.717) is 29.9 Å². The van der Waals surface area contributed by atoms with Crippen LogP contribution in [0.4, 0.5) is 0 Å². The normalized spacial score (nSPS) is 16.6. The first-order valence-corrected chi connectivity index (χ1v) is 5.72. The van der Waals surface area contributed by atoms with E-state index in [4.69, 9.17) is 4.74 Å². The van der Waals surface area contributed by atoms with Gasteiger partial charge in [-0.05, 0) is 24.7 Å². The number of hydrogen-bond donors (Lipinski definition) is 0. The molecule has 0 aliphatic carbocycles. The molecule has 2 heteroatoms. The van der Waals surface area contributed by atoms with Crippen molar-refractivity contribution < 1.29 is 9.53 Å². The van der Waals surface area contributed by atoms with Gasteiger partial charge in [0.15, 0.2) is 0 Å². The quantitative estimate of drug-likeness (QED) is 0.498. The maximum atomic E-state index is 11.2. The van der Waals surface area contributed by atoms with Crippen molar-refractivity contribution in [3.63, 3.8) is 0 Å². The minimum Gasteiger partial charge on any atom is -0.462 e. The van der Waals surface area contributed by atoms with Crippen LogP contribution in [-0.2, 0) is 9.53 Å². The van der Waals surface area contributed by atoms with Crippen LogP contribution in [-0.4, -0.2) is 12.6 Å². The Balaban J connectivity index is 3.98. The maximum absolute atomic E-state index is 11.2. The average Bonchev–Trinajstić information content (AvgIpc) is 2.22. The molecule has 3 unspecified atom stereocenters. The lowest BCUT2D eigenvalue weighted by Gasteiger charge is -2.24. The molecule has 15 heavy (non-hydrogen) atoms. The molecule has 0 heterocycles. The second-order valence-electron chi connectivity index (χ2n) is 4.60. The Kier molecular flexibility index (Phi) is 6.30. The lowest BCUT2D eigenvalue weighted by molar-refractivity contribution is -0.140. The van der Waals surface area contributed by atoms with Gasteiger partial charge >= 0.3 is 5.97 Å². The summed E-state index contributed by atoms with van der Waals surface area (Å²) in [5.41, 5.74) is 0.471. The number of rotatable bonds is 6. The molecule has 3 atom stereocenters. The third-order valence-corrected chi connectivity index (χ3v) is 3.26. The molecule has 0 aliphatic rings. The highest BCUT2D eigenvalue weighted by atomic mass is 16.5. The first-order chi connectivity index (χ1) is 6.90. The van der Waals surface area contributed by atoms with Crippen LogP contribution in [0.1, 0.15) is 41.0 Å². The monoisotopic (exact) mass is 212 g/mol. The molecule has 88 valence electrons. The van der Waals surface area contributed by atoms with Gasteiger partial charge in [0.2, 0.25) is 0 Å². The topological polar surface area (TPSA) is 26.3 Å². The lowest BCUT2D eigenvalue weighted by Crippen LogP contribution is -2.22. The number of carbonyl (C=O) groups excluding carboxylic acids is 1. The van der Waals surface area contributed by atoms with Gasteiger partial charge in [-0.15, -0.1) is 0 Å². The van der Waals surface area contributed by atoms with Gasteiger partial charge < -0.3 is 4.74 Å². The highest BCUT2D eigenvalue weighted by Crippen LogP contribution is 2.23.